The monoisotopic (exact) mass is 191 g/mol. The van der Waals surface area contributed by atoms with Crippen LogP contribution < -0.4 is 5.32 Å². The summed E-state index contributed by atoms with van der Waals surface area (Å²) in [6.07, 6.45) is 3.08. The number of hydrogen-bond acceptors (Lipinski definition) is 1. The maximum Gasteiger partial charge on any atom is 0.211 e. The fraction of sp³-hybridized carbons (Fsp3) is 0.417. The van der Waals surface area contributed by atoms with Crippen LogP contribution in [0, 0.1) is 0 Å². The summed E-state index contributed by atoms with van der Waals surface area (Å²) < 4.78 is 0. The Morgan fingerprint density at radius 1 is 1.50 bits per heavy atom. The zero-order chi connectivity index (χ0) is 10.4. The number of rotatable bonds is 5. The lowest BCUT2D eigenvalue weighted by Gasteiger charge is -2.11. The van der Waals surface area contributed by atoms with E-state index in [0.717, 1.165) is 5.69 Å². The Morgan fingerprint density at radius 2 is 2.29 bits per heavy atom. The van der Waals surface area contributed by atoms with Crippen LogP contribution in [0.5, 0.6) is 0 Å². The van der Waals surface area contributed by atoms with E-state index in [0.29, 0.717) is 12.3 Å². The topological polar surface area (TPSA) is 29.1 Å². The van der Waals surface area contributed by atoms with Gasteiger partial charge in [0.15, 0.2) is 0 Å². The molecule has 1 rings (SSSR count). The lowest BCUT2D eigenvalue weighted by atomic mass is 9.96. The second kappa shape index (κ2) is 5.43. The van der Waals surface area contributed by atoms with Gasteiger partial charge < -0.3 is 5.32 Å². The summed E-state index contributed by atoms with van der Waals surface area (Å²) in [7, 11) is 0. The maximum atomic E-state index is 10.3. The number of carbonyl (C=O) groups is 1. The molecule has 0 aliphatic carbocycles. The van der Waals surface area contributed by atoms with Crippen LogP contribution in [0.3, 0.4) is 0 Å². The van der Waals surface area contributed by atoms with Crippen molar-refractivity contribution in [2.75, 3.05) is 5.32 Å². The minimum absolute atomic E-state index is 0.563. The van der Waals surface area contributed by atoms with Crippen molar-refractivity contribution in [2.24, 2.45) is 0 Å². The van der Waals surface area contributed by atoms with Gasteiger partial charge in [-0.2, -0.15) is 0 Å². The van der Waals surface area contributed by atoms with Crippen molar-refractivity contribution in [2.45, 2.75) is 32.6 Å². The number of amides is 1. The molecule has 0 spiro atoms. The third-order valence-corrected chi connectivity index (χ3v) is 2.40. The maximum absolute atomic E-state index is 10.3. The molecule has 1 amide bonds. The molecular formula is C12H17NO. The van der Waals surface area contributed by atoms with E-state index < -0.39 is 0 Å². The molecule has 0 saturated carbocycles. The fourth-order valence-corrected chi connectivity index (χ4v) is 1.60. The van der Waals surface area contributed by atoms with Crippen LogP contribution in [-0.2, 0) is 4.79 Å². The van der Waals surface area contributed by atoms with Gasteiger partial charge in [-0.05, 0) is 30.0 Å². The van der Waals surface area contributed by atoms with E-state index in [1.54, 1.807) is 0 Å². The van der Waals surface area contributed by atoms with Gasteiger partial charge in [0.1, 0.15) is 0 Å². The van der Waals surface area contributed by atoms with E-state index in [1.807, 2.05) is 18.2 Å². The lowest BCUT2D eigenvalue weighted by Crippen LogP contribution is -1.97. The molecule has 2 nitrogen and oxygen atoms in total. The van der Waals surface area contributed by atoms with Crippen LogP contribution in [-0.4, -0.2) is 6.41 Å². The van der Waals surface area contributed by atoms with E-state index in [1.165, 1.54) is 18.4 Å². The van der Waals surface area contributed by atoms with Gasteiger partial charge >= 0.3 is 0 Å². The Morgan fingerprint density at radius 3 is 2.93 bits per heavy atom. The van der Waals surface area contributed by atoms with Crippen LogP contribution in [0.25, 0.3) is 0 Å². The van der Waals surface area contributed by atoms with Crippen molar-refractivity contribution in [3.05, 3.63) is 29.8 Å². The highest BCUT2D eigenvalue weighted by Gasteiger charge is 2.04. The van der Waals surface area contributed by atoms with Gasteiger partial charge in [-0.15, -0.1) is 0 Å². The van der Waals surface area contributed by atoms with E-state index in [9.17, 15) is 4.79 Å². The molecule has 0 fully saturated rings. The van der Waals surface area contributed by atoms with Crippen molar-refractivity contribution in [1.29, 1.82) is 0 Å². The number of nitrogens with one attached hydrogen (secondary N) is 1. The second-order valence-electron chi connectivity index (χ2n) is 3.58. The van der Waals surface area contributed by atoms with Gasteiger partial charge in [-0.3, -0.25) is 4.79 Å². The Kier molecular flexibility index (Phi) is 4.17. The largest absolute Gasteiger partial charge is 0.329 e. The van der Waals surface area contributed by atoms with Crippen LogP contribution in [0.2, 0.25) is 0 Å². The molecular weight excluding hydrogens is 174 g/mol. The predicted molar refractivity (Wildman–Crippen MR) is 59.5 cm³/mol. The zero-order valence-electron chi connectivity index (χ0n) is 8.79. The quantitative estimate of drug-likeness (QED) is 0.712. The first-order valence-corrected chi connectivity index (χ1v) is 5.08. The first kappa shape index (κ1) is 10.8. The summed E-state index contributed by atoms with van der Waals surface area (Å²) in [4.78, 5) is 10.3. The van der Waals surface area contributed by atoms with Gasteiger partial charge in [0.05, 0.1) is 0 Å². The van der Waals surface area contributed by atoms with Crippen molar-refractivity contribution in [3.8, 4) is 0 Å². The van der Waals surface area contributed by atoms with Crippen molar-refractivity contribution in [1.82, 2.24) is 0 Å². The molecule has 0 bridgehead atoms. The molecule has 1 aromatic carbocycles. The molecule has 2 heteroatoms. The van der Waals surface area contributed by atoms with Crippen LogP contribution in [0.15, 0.2) is 24.3 Å². The molecule has 1 unspecified atom stereocenters. The molecule has 0 aromatic heterocycles. The number of anilines is 1. The highest BCUT2D eigenvalue weighted by molar-refractivity contribution is 5.71. The van der Waals surface area contributed by atoms with Crippen molar-refractivity contribution < 1.29 is 4.79 Å². The highest BCUT2D eigenvalue weighted by Crippen LogP contribution is 2.22. The molecule has 0 aliphatic rings. The summed E-state index contributed by atoms with van der Waals surface area (Å²) in [5.41, 5.74) is 2.17. The van der Waals surface area contributed by atoms with Gasteiger partial charge in [-0.25, -0.2) is 0 Å². The molecule has 14 heavy (non-hydrogen) atoms. The Hall–Kier alpha value is -1.31. The normalized spacial score (nSPS) is 12.1. The molecule has 1 aromatic rings. The summed E-state index contributed by atoms with van der Waals surface area (Å²) in [6.45, 7) is 4.40. The standard InChI is InChI=1S/C12H17NO/c1-3-5-10(2)11-6-4-7-12(8-11)13-9-14/h4,6-10H,3,5H2,1-2H3,(H,13,14). The minimum Gasteiger partial charge on any atom is -0.329 e. The molecule has 1 N–H and O–H groups in total. The number of carbonyl (C=O) groups excluding carboxylic acids is 1. The summed E-state index contributed by atoms with van der Waals surface area (Å²) in [5.74, 6) is 0.563. The summed E-state index contributed by atoms with van der Waals surface area (Å²) in [5, 5.41) is 2.66. The third-order valence-electron chi connectivity index (χ3n) is 2.40. The second-order valence-corrected chi connectivity index (χ2v) is 3.58. The Labute approximate surface area is 85.3 Å². The third kappa shape index (κ3) is 2.87. The fourth-order valence-electron chi connectivity index (χ4n) is 1.60. The molecule has 0 radical (unpaired) electrons. The van der Waals surface area contributed by atoms with Gasteiger partial charge in [0.2, 0.25) is 6.41 Å². The molecule has 76 valence electrons. The average Bonchev–Trinajstić information content (AvgIpc) is 2.19. The zero-order valence-corrected chi connectivity index (χ0v) is 8.79. The van der Waals surface area contributed by atoms with Gasteiger partial charge in [0.25, 0.3) is 0 Å². The van der Waals surface area contributed by atoms with E-state index in [4.69, 9.17) is 0 Å². The summed E-state index contributed by atoms with van der Waals surface area (Å²) >= 11 is 0. The Bertz CT molecular complexity index is 296. The SMILES string of the molecule is CCCC(C)c1cccc(NC=O)c1. The minimum atomic E-state index is 0.563. The van der Waals surface area contributed by atoms with E-state index in [-0.39, 0.29) is 0 Å². The smallest absolute Gasteiger partial charge is 0.211 e. The molecule has 1 atom stereocenters. The number of benzene rings is 1. The predicted octanol–water partition coefficient (Wildman–Crippen LogP) is 3.16. The van der Waals surface area contributed by atoms with Crippen molar-refractivity contribution >= 4 is 12.1 Å². The van der Waals surface area contributed by atoms with Crippen molar-refractivity contribution in [3.63, 3.8) is 0 Å². The first-order valence-electron chi connectivity index (χ1n) is 5.08. The highest BCUT2D eigenvalue weighted by atomic mass is 16.1. The van der Waals surface area contributed by atoms with Gasteiger partial charge in [0, 0.05) is 5.69 Å². The molecule has 0 heterocycles. The average molecular weight is 191 g/mol. The van der Waals surface area contributed by atoms with Gasteiger partial charge in [-0.1, -0.05) is 32.4 Å². The van der Waals surface area contributed by atoms with Crippen LogP contribution >= 0.6 is 0 Å². The molecule has 0 aliphatic heterocycles. The number of hydrogen-bond donors (Lipinski definition) is 1. The first-order chi connectivity index (χ1) is 6.77. The van der Waals surface area contributed by atoms with E-state index >= 15 is 0 Å². The summed E-state index contributed by atoms with van der Waals surface area (Å²) in [6, 6.07) is 8.02. The van der Waals surface area contributed by atoms with Crippen LogP contribution in [0.4, 0.5) is 5.69 Å². The van der Waals surface area contributed by atoms with E-state index in [2.05, 4.69) is 25.2 Å². The lowest BCUT2D eigenvalue weighted by molar-refractivity contribution is -0.105. The molecule has 0 saturated heterocycles. The Balaban J connectivity index is 2.76. The van der Waals surface area contributed by atoms with Crippen LogP contribution in [0.1, 0.15) is 38.2 Å².